The second kappa shape index (κ2) is 7.41. The van der Waals surface area contributed by atoms with Gasteiger partial charge in [0.1, 0.15) is 11.1 Å². The van der Waals surface area contributed by atoms with E-state index in [1.54, 1.807) is 11.3 Å². The van der Waals surface area contributed by atoms with Crippen molar-refractivity contribution in [2.45, 2.75) is 56.1 Å². The van der Waals surface area contributed by atoms with Crippen molar-refractivity contribution in [3.63, 3.8) is 0 Å². The lowest BCUT2D eigenvalue weighted by molar-refractivity contribution is -0.113. The van der Waals surface area contributed by atoms with Crippen LogP contribution in [0.4, 0.5) is 10.9 Å². The van der Waals surface area contributed by atoms with Crippen molar-refractivity contribution in [1.82, 2.24) is 14.8 Å². The summed E-state index contributed by atoms with van der Waals surface area (Å²) in [6, 6.07) is 2.75. The van der Waals surface area contributed by atoms with Gasteiger partial charge in [0.2, 0.25) is 11.9 Å². The van der Waals surface area contributed by atoms with E-state index in [1.807, 2.05) is 0 Å². The highest BCUT2D eigenvalue weighted by Crippen LogP contribution is 2.42. The van der Waals surface area contributed by atoms with Gasteiger partial charge in [0.25, 0.3) is 0 Å². The van der Waals surface area contributed by atoms with E-state index in [-0.39, 0.29) is 11.7 Å². The van der Waals surface area contributed by atoms with E-state index in [0.717, 1.165) is 61.9 Å². The molecule has 7 nitrogen and oxygen atoms in total. The topological polar surface area (TPSA) is 86.8 Å². The van der Waals surface area contributed by atoms with E-state index in [2.05, 4.69) is 31.1 Å². The Morgan fingerprint density at radius 3 is 2.82 bits per heavy atom. The first-order chi connectivity index (χ1) is 13.7. The zero-order chi connectivity index (χ0) is 19.1. The number of carbonyl (C=O) groups excluding carboxylic acids is 1. The number of amides is 1. The maximum absolute atomic E-state index is 12.5. The molecule has 0 unspecified atom stereocenters. The molecule has 3 aliphatic rings. The summed E-state index contributed by atoms with van der Waals surface area (Å²) in [6.07, 6.45) is 7.79. The van der Waals surface area contributed by atoms with Crippen molar-refractivity contribution < 1.29 is 4.79 Å². The summed E-state index contributed by atoms with van der Waals surface area (Å²) in [5, 5.41) is 22.8. The van der Waals surface area contributed by atoms with Gasteiger partial charge in [-0.25, -0.2) is 0 Å². The van der Waals surface area contributed by atoms with Crippen molar-refractivity contribution >= 4 is 40.0 Å². The Hall–Kier alpha value is -2.05. The van der Waals surface area contributed by atoms with Crippen molar-refractivity contribution in [3.05, 3.63) is 16.0 Å². The maximum atomic E-state index is 12.5. The molecule has 2 aromatic rings. The van der Waals surface area contributed by atoms with Gasteiger partial charge in [-0.05, 0) is 50.5 Å². The molecule has 28 heavy (non-hydrogen) atoms. The van der Waals surface area contributed by atoms with E-state index in [1.165, 1.54) is 29.5 Å². The number of nitriles is 1. The number of rotatable bonds is 6. The van der Waals surface area contributed by atoms with E-state index < -0.39 is 0 Å². The van der Waals surface area contributed by atoms with E-state index in [4.69, 9.17) is 0 Å². The highest BCUT2D eigenvalue weighted by atomic mass is 32.2. The molecule has 146 valence electrons. The molecule has 1 N–H and O–H groups in total. The normalized spacial score (nSPS) is 18.3. The van der Waals surface area contributed by atoms with Crippen LogP contribution in [0.25, 0.3) is 0 Å². The molecule has 3 heterocycles. The molecule has 1 amide bonds. The fourth-order valence-electron chi connectivity index (χ4n) is 4.06. The van der Waals surface area contributed by atoms with Crippen LogP contribution < -0.4 is 10.2 Å². The van der Waals surface area contributed by atoms with E-state index in [9.17, 15) is 10.1 Å². The third kappa shape index (κ3) is 3.29. The molecule has 1 saturated carbocycles. The first-order valence-electron chi connectivity index (χ1n) is 9.91. The molecule has 2 fully saturated rings. The molecule has 1 saturated heterocycles. The van der Waals surface area contributed by atoms with Crippen LogP contribution in [0.1, 0.15) is 54.1 Å². The molecule has 5 rings (SSSR count). The number of thioether (sulfide) groups is 1. The van der Waals surface area contributed by atoms with Crippen LogP contribution in [0.15, 0.2) is 5.16 Å². The van der Waals surface area contributed by atoms with Gasteiger partial charge in [0.05, 0.1) is 11.3 Å². The van der Waals surface area contributed by atoms with Crippen molar-refractivity contribution in [2.24, 2.45) is 0 Å². The summed E-state index contributed by atoms with van der Waals surface area (Å²) in [6.45, 7) is 2.08. The monoisotopic (exact) mass is 414 g/mol. The third-order valence-corrected chi connectivity index (χ3v) is 7.72. The number of fused-ring (bicyclic) bond motifs is 1. The molecule has 0 aromatic carbocycles. The number of nitrogens with zero attached hydrogens (tertiary/aromatic N) is 5. The number of aromatic nitrogens is 3. The van der Waals surface area contributed by atoms with E-state index in [0.29, 0.717) is 16.6 Å². The SMILES string of the molecule is N#Cc1c(NC(=O)CSc2nnc(N3CCCC3)n2C2CC2)sc2c1CCC2. The number of thiophene rings is 1. The minimum absolute atomic E-state index is 0.0884. The minimum atomic E-state index is -0.0884. The van der Waals surface area contributed by atoms with Crippen LogP contribution in [-0.4, -0.2) is 39.5 Å². The second-order valence-corrected chi connectivity index (χ2v) is 9.64. The van der Waals surface area contributed by atoms with Crippen LogP contribution in [0.5, 0.6) is 0 Å². The van der Waals surface area contributed by atoms with Crippen LogP contribution in [0.2, 0.25) is 0 Å². The predicted molar refractivity (Wildman–Crippen MR) is 110 cm³/mol. The number of anilines is 2. The largest absolute Gasteiger partial charge is 0.341 e. The zero-order valence-electron chi connectivity index (χ0n) is 15.6. The van der Waals surface area contributed by atoms with Gasteiger partial charge >= 0.3 is 0 Å². The summed E-state index contributed by atoms with van der Waals surface area (Å²) in [4.78, 5) is 16.1. The van der Waals surface area contributed by atoms with Gasteiger partial charge in [-0.1, -0.05) is 11.8 Å². The molecule has 9 heteroatoms. The van der Waals surface area contributed by atoms with Crippen molar-refractivity contribution in [1.29, 1.82) is 5.26 Å². The Labute approximate surface area is 172 Å². The Bertz CT molecular complexity index is 949. The predicted octanol–water partition coefficient (Wildman–Crippen LogP) is 3.37. The Kier molecular flexibility index (Phi) is 4.77. The van der Waals surface area contributed by atoms with Gasteiger partial charge in [0, 0.05) is 24.0 Å². The molecule has 0 atom stereocenters. The number of nitrogens with one attached hydrogen (secondary N) is 1. The smallest absolute Gasteiger partial charge is 0.235 e. The van der Waals surface area contributed by atoms with Crippen LogP contribution in [-0.2, 0) is 17.6 Å². The summed E-state index contributed by atoms with van der Waals surface area (Å²) in [5.41, 5.74) is 1.80. The standard InChI is InChI=1S/C19H22N6OS2/c20-10-14-13-4-3-5-15(13)28-17(14)21-16(26)11-27-19-23-22-18(24-8-1-2-9-24)25(19)12-6-7-12/h12H,1-9,11H2,(H,21,26). The third-order valence-electron chi connectivity index (χ3n) is 5.57. The lowest BCUT2D eigenvalue weighted by atomic mass is 10.1. The molecule has 0 radical (unpaired) electrons. The summed E-state index contributed by atoms with van der Waals surface area (Å²) in [5.74, 6) is 1.15. The summed E-state index contributed by atoms with van der Waals surface area (Å²) >= 11 is 3.00. The minimum Gasteiger partial charge on any atom is -0.341 e. The van der Waals surface area contributed by atoms with Gasteiger partial charge < -0.3 is 10.2 Å². The quantitative estimate of drug-likeness (QED) is 0.730. The Morgan fingerprint density at radius 1 is 1.25 bits per heavy atom. The maximum Gasteiger partial charge on any atom is 0.235 e. The highest BCUT2D eigenvalue weighted by molar-refractivity contribution is 7.99. The van der Waals surface area contributed by atoms with Crippen molar-refractivity contribution in [3.8, 4) is 6.07 Å². The van der Waals surface area contributed by atoms with Gasteiger partial charge in [-0.2, -0.15) is 5.26 Å². The molecule has 0 bridgehead atoms. The molecular weight excluding hydrogens is 392 g/mol. The number of aryl methyl sites for hydroxylation is 1. The lowest BCUT2D eigenvalue weighted by Gasteiger charge is -2.17. The van der Waals surface area contributed by atoms with Gasteiger partial charge in [-0.3, -0.25) is 9.36 Å². The Morgan fingerprint density at radius 2 is 2.07 bits per heavy atom. The van der Waals surface area contributed by atoms with Crippen LogP contribution in [0.3, 0.4) is 0 Å². The Balaban J connectivity index is 1.27. The van der Waals surface area contributed by atoms with Crippen LogP contribution in [0, 0.1) is 11.3 Å². The molecule has 2 aliphatic carbocycles. The van der Waals surface area contributed by atoms with Gasteiger partial charge in [-0.15, -0.1) is 21.5 Å². The average Bonchev–Trinajstić information content (AvgIpc) is 3.11. The zero-order valence-corrected chi connectivity index (χ0v) is 17.2. The number of hydrogen-bond donors (Lipinski definition) is 1. The first kappa shape index (κ1) is 18.0. The second-order valence-electron chi connectivity index (χ2n) is 7.59. The fraction of sp³-hybridized carbons (Fsp3) is 0.579. The summed E-state index contributed by atoms with van der Waals surface area (Å²) < 4.78 is 2.23. The molecule has 2 aromatic heterocycles. The molecular formula is C19H22N6OS2. The van der Waals surface area contributed by atoms with Crippen molar-refractivity contribution in [2.75, 3.05) is 29.1 Å². The number of hydrogen-bond acceptors (Lipinski definition) is 7. The van der Waals surface area contributed by atoms with E-state index >= 15 is 0 Å². The first-order valence-corrected chi connectivity index (χ1v) is 11.7. The van der Waals surface area contributed by atoms with Gasteiger partial charge in [0.15, 0.2) is 5.16 Å². The highest BCUT2D eigenvalue weighted by Gasteiger charge is 2.32. The summed E-state index contributed by atoms with van der Waals surface area (Å²) in [7, 11) is 0. The lowest BCUT2D eigenvalue weighted by Crippen LogP contribution is -2.22. The fourth-order valence-corrected chi connectivity index (χ4v) is 6.11. The number of carbonyl (C=O) groups is 1. The van der Waals surface area contributed by atoms with Crippen LogP contribution >= 0.6 is 23.1 Å². The average molecular weight is 415 g/mol. The molecule has 0 spiro atoms. The molecule has 1 aliphatic heterocycles.